The summed E-state index contributed by atoms with van der Waals surface area (Å²) in [4.78, 5) is 0. The van der Waals surface area contributed by atoms with Crippen LogP contribution in [0.25, 0.3) is 5.65 Å². The second kappa shape index (κ2) is 6.18. The minimum Gasteiger partial charge on any atom is -0.375 e. The zero-order chi connectivity index (χ0) is 15.6. The molecule has 1 aliphatic heterocycles. The smallest absolute Gasteiger partial charge is 0.178 e. The van der Waals surface area contributed by atoms with E-state index in [0.717, 1.165) is 50.0 Å². The van der Waals surface area contributed by atoms with Gasteiger partial charge in [0.15, 0.2) is 11.5 Å². The molecule has 1 atom stereocenters. The van der Waals surface area contributed by atoms with Gasteiger partial charge in [0.25, 0.3) is 0 Å². The summed E-state index contributed by atoms with van der Waals surface area (Å²) < 4.78 is 7.60. The van der Waals surface area contributed by atoms with Crippen LogP contribution in [0.4, 0.5) is 5.82 Å². The molecule has 22 heavy (non-hydrogen) atoms. The highest BCUT2D eigenvalue weighted by atomic mass is 16.5. The van der Waals surface area contributed by atoms with Gasteiger partial charge in [0.2, 0.25) is 0 Å². The summed E-state index contributed by atoms with van der Waals surface area (Å²) in [5.74, 6) is 1.67. The number of aromatic nitrogens is 4. The van der Waals surface area contributed by atoms with Crippen molar-refractivity contribution < 1.29 is 4.74 Å². The van der Waals surface area contributed by atoms with Crippen LogP contribution in [0.3, 0.4) is 0 Å². The Hall–Kier alpha value is -1.73. The molecule has 0 spiro atoms. The monoisotopic (exact) mass is 304 g/mol. The Labute approximate surface area is 130 Å². The highest BCUT2D eigenvalue weighted by Gasteiger charge is 2.22. The minimum atomic E-state index is -0.0979. The summed E-state index contributed by atoms with van der Waals surface area (Å²) in [6.07, 6.45) is 1.24. The van der Waals surface area contributed by atoms with Crippen molar-refractivity contribution in [3.8, 4) is 0 Å². The van der Waals surface area contributed by atoms with E-state index in [2.05, 4.69) is 46.7 Å². The normalized spacial score (nSPS) is 20.0. The Bertz CT molecular complexity index is 624. The molecule has 1 fully saturated rings. The molecule has 120 valence electrons. The number of ether oxygens (including phenoxy) is 1. The molecule has 1 unspecified atom stereocenters. The summed E-state index contributed by atoms with van der Waals surface area (Å²) in [5, 5.41) is 19.8. The number of nitrogens with one attached hydrogen (secondary N) is 2. The standard InChI is InChI=1S/C15H24N6O/c1-15(2,3)14-19-18-13-6-5-12(20-21(13)14)17-10-11-9-16-7-4-8-22-11/h5-6,11,16H,4,7-10H2,1-3H3,(H,17,20). The Balaban J connectivity index is 1.74. The van der Waals surface area contributed by atoms with Gasteiger partial charge in [-0.2, -0.15) is 4.52 Å². The van der Waals surface area contributed by atoms with E-state index >= 15 is 0 Å². The van der Waals surface area contributed by atoms with Gasteiger partial charge in [-0.3, -0.25) is 0 Å². The van der Waals surface area contributed by atoms with Crippen LogP contribution in [0.2, 0.25) is 0 Å². The average molecular weight is 304 g/mol. The summed E-state index contributed by atoms with van der Waals surface area (Å²) >= 11 is 0. The second-order valence-corrected chi connectivity index (χ2v) is 6.69. The molecule has 0 aliphatic carbocycles. The molecule has 1 aliphatic rings. The van der Waals surface area contributed by atoms with E-state index < -0.39 is 0 Å². The number of anilines is 1. The fraction of sp³-hybridized carbons (Fsp3) is 0.667. The minimum absolute atomic E-state index is 0.0979. The van der Waals surface area contributed by atoms with Crippen molar-refractivity contribution in [1.82, 2.24) is 25.1 Å². The van der Waals surface area contributed by atoms with Crippen molar-refractivity contribution in [2.45, 2.75) is 38.7 Å². The van der Waals surface area contributed by atoms with Crippen LogP contribution in [0, 0.1) is 0 Å². The van der Waals surface area contributed by atoms with Crippen LogP contribution in [-0.4, -0.2) is 52.2 Å². The number of hydrogen-bond donors (Lipinski definition) is 2. The number of nitrogens with zero attached hydrogens (tertiary/aromatic N) is 4. The molecule has 0 radical (unpaired) electrons. The molecule has 0 bridgehead atoms. The lowest BCUT2D eigenvalue weighted by Crippen LogP contribution is -2.32. The Morgan fingerprint density at radius 3 is 3.05 bits per heavy atom. The summed E-state index contributed by atoms with van der Waals surface area (Å²) in [6.45, 7) is 9.76. The lowest BCUT2D eigenvalue weighted by atomic mass is 9.96. The number of fused-ring (bicyclic) bond motifs is 1. The lowest BCUT2D eigenvalue weighted by Gasteiger charge is -2.17. The largest absolute Gasteiger partial charge is 0.375 e. The van der Waals surface area contributed by atoms with Gasteiger partial charge in [0.05, 0.1) is 6.10 Å². The van der Waals surface area contributed by atoms with Crippen molar-refractivity contribution in [3.05, 3.63) is 18.0 Å². The Kier molecular flexibility index (Phi) is 4.26. The molecule has 2 aromatic heterocycles. The fourth-order valence-electron chi connectivity index (χ4n) is 2.47. The van der Waals surface area contributed by atoms with Crippen LogP contribution < -0.4 is 10.6 Å². The first-order chi connectivity index (χ1) is 10.5. The first kappa shape index (κ1) is 15.2. The number of hydrogen-bond acceptors (Lipinski definition) is 6. The van der Waals surface area contributed by atoms with Gasteiger partial charge in [-0.25, -0.2) is 0 Å². The topological polar surface area (TPSA) is 76.4 Å². The highest BCUT2D eigenvalue weighted by Crippen LogP contribution is 2.20. The molecule has 7 heteroatoms. The molecule has 3 rings (SSSR count). The van der Waals surface area contributed by atoms with E-state index in [1.807, 2.05) is 16.6 Å². The van der Waals surface area contributed by atoms with Gasteiger partial charge in [0, 0.05) is 25.1 Å². The van der Waals surface area contributed by atoms with Gasteiger partial charge >= 0.3 is 0 Å². The quantitative estimate of drug-likeness (QED) is 0.888. The third-order valence-electron chi connectivity index (χ3n) is 3.67. The SMILES string of the molecule is CC(C)(C)c1nnc2ccc(NCC3CNCCCO3)nn12. The lowest BCUT2D eigenvalue weighted by molar-refractivity contribution is 0.0761. The van der Waals surface area contributed by atoms with E-state index in [4.69, 9.17) is 4.74 Å². The first-order valence-corrected chi connectivity index (χ1v) is 7.83. The maximum absolute atomic E-state index is 5.79. The van der Waals surface area contributed by atoms with E-state index in [9.17, 15) is 0 Å². The van der Waals surface area contributed by atoms with Crippen molar-refractivity contribution in [1.29, 1.82) is 0 Å². The Morgan fingerprint density at radius 1 is 1.36 bits per heavy atom. The van der Waals surface area contributed by atoms with Crippen molar-refractivity contribution in [2.75, 3.05) is 31.6 Å². The first-order valence-electron chi connectivity index (χ1n) is 7.83. The predicted octanol–water partition coefficient (Wildman–Crippen LogP) is 1.21. The maximum atomic E-state index is 5.79. The Morgan fingerprint density at radius 2 is 2.23 bits per heavy atom. The van der Waals surface area contributed by atoms with Gasteiger partial charge in [-0.15, -0.1) is 15.3 Å². The maximum Gasteiger partial charge on any atom is 0.178 e. The molecule has 0 aromatic carbocycles. The summed E-state index contributed by atoms with van der Waals surface area (Å²) in [7, 11) is 0. The fourth-order valence-corrected chi connectivity index (χ4v) is 2.47. The molecule has 3 heterocycles. The van der Waals surface area contributed by atoms with Gasteiger partial charge < -0.3 is 15.4 Å². The zero-order valence-electron chi connectivity index (χ0n) is 13.5. The van der Waals surface area contributed by atoms with Crippen LogP contribution in [-0.2, 0) is 10.2 Å². The van der Waals surface area contributed by atoms with E-state index in [0.29, 0.717) is 0 Å². The van der Waals surface area contributed by atoms with Crippen LogP contribution in [0.5, 0.6) is 0 Å². The van der Waals surface area contributed by atoms with E-state index in [1.54, 1.807) is 0 Å². The van der Waals surface area contributed by atoms with E-state index in [1.165, 1.54) is 0 Å². The third-order valence-corrected chi connectivity index (χ3v) is 3.67. The van der Waals surface area contributed by atoms with Gasteiger partial charge in [-0.1, -0.05) is 20.8 Å². The molecule has 2 N–H and O–H groups in total. The zero-order valence-corrected chi connectivity index (χ0v) is 13.5. The molecule has 1 saturated heterocycles. The van der Waals surface area contributed by atoms with Crippen molar-refractivity contribution in [2.24, 2.45) is 0 Å². The molecule has 0 amide bonds. The molecular formula is C15H24N6O. The van der Waals surface area contributed by atoms with Crippen LogP contribution in [0.15, 0.2) is 12.1 Å². The predicted molar refractivity (Wildman–Crippen MR) is 85.2 cm³/mol. The third kappa shape index (κ3) is 3.36. The summed E-state index contributed by atoms with van der Waals surface area (Å²) in [5.41, 5.74) is 0.669. The molecule has 2 aromatic rings. The average Bonchev–Trinajstić information content (AvgIpc) is 2.73. The second-order valence-electron chi connectivity index (χ2n) is 6.69. The van der Waals surface area contributed by atoms with Gasteiger partial charge in [0.1, 0.15) is 5.82 Å². The highest BCUT2D eigenvalue weighted by molar-refractivity contribution is 5.44. The number of rotatable bonds is 3. The molecule has 0 saturated carbocycles. The van der Waals surface area contributed by atoms with Crippen molar-refractivity contribution >= 4 is 11.5 Å². The summed E-state index contributed by atoms with van der Waals surface area (Å²) in [6, 6.07) is 3.87. The van der Waals surface area contributed by atoms with E-state index in [-0.39, 0.29) is 11.5 Å². The van der Waals surface area contributed by atoms with Gasteiger partial charge in [-0.05, 0) is 25.1 Å². The molecular weight excluding hydrogens is 280 g/mol. The van der Waals surface area contributed by atoms with Crippen LogP contribution >= 0.6 is 0 Å². The molecule has 7 nitrogen and oxygen atoms in total. The van der Waals surface area contributed by atoms with Crippen LogP contribution in [0.1, 0.15) is 33.0 Å². The van der Waals surface area contributed by atoms with Crippen molar-refractivity contribution in [3.63, 3.8) is 0 Å².